The molecule has 0 unspecified atom stereocenters. The van der Waals surface area contributed by atoms with Crippen molar-refractivity contribution >= 4 is 35.0 Å². The molecule has 9 heteroatoms. The third kappa shape index (κ3) is 9.17. The maximum Gasteiger partial charge on any atom is 0.407 e. The van der Waals surface area contributed by atoms with Crippen LogP contribution in [0.1, 0.15) is 49.0 Å². The Morgan fingerprint density at radius 1 is 1.16 bits per heavy atom. The van der Waals surface area contributed by atoms with Crippen molar-refractivity contribution in [2.75, 3.05) is 11.9 Å². The SMILES string of the molecule is Cc1ccc(C)c(NC(=O)Cc2nc(COC(=O)CCNC(=O)OC(C)(C)C)cs2)c1. The van der Waals surface area contributed by atoms with Crippen molar-refractivity contribution in [3.63, 3.8) is 0 Å². The van der Waals surface area contributed by atoms with Crippen LogP contribution in [0.4, 0.5) is 10.5 Å². The van der Waals surface area contributed by atoms with E-state index >= 15 is 0 Å². The van der Waals surface area contributed by atoms with E-state index in [2.05, 4.69) is 15.6 Å². The molecule has 8 nitrogen and oxygen atoms in total. The summed E-state index contributed by atoms with van der Waals surface area (Å²) in [6, 6.07) is 5.88. The average Bonchev–Trinajstić information content (AvgIpc) is 3.08. The molecule has 1 aromatic carbocycles. The second kappa shape index (κ2) is 10.9. The minimum atomic E-state index is -0.595. The van der Waals surface area contributed by atoms with Gasteiger partial charge in [0.25, 0.3) is 0 Å². The van der Waals surface area contributed by atoms with Gasteiger partial charge in [-0.3, -0.25) is 9.59 Å². The standard InChI is InChI=1S/C22H29N3O5S/c1-14-6-7-15(2)17(10-14)25-18(26)11-19-24-16(13-31-19)12-29-20(27)8-9-23-21(28)30-22(3,4)5/h6-7,10,13H,8-9,11-12H2,1-5H3,(H,23,28)(H,25,26). The average molecular weight is 448 g/mol. The van der Waals surface area contributed by atoms with Gasteiger partial charge in [0.1, 0.15) is 17.2 Å². The van der Waals surface area contributed by atoms with E-state index in [-0.39, 0.29) is 31.9 Å². The van der Waals surface area contributed by atoms with Crippen molar-refractivity contribution in [3.05, 3.63) is 45.4 Å². The summed E-state index contributed by atoms with van der Waals surface area (Å²) in [5.74, 6) is -0.613. The molecule has 0 radical (unpaired) electrons. The molecule has 2 aromatic rings. The number of nitrogens with one attached hydrogen (secondary N) is 2. The number of carbonyl (C=O) groups excluding carboxylic acids is 3. The summed E-state index contributed by atoms with van der Waals surface area (Å²) in [5.41, 5.74) is 2.83. The fourth-order valence-electron chi connectivity index (χ4n) is 2.51. The van der Waals surface area contributed by atoms with E-state index in [4.69, 9.17) is 9.47 Å². The third-order valence-corrected chi connectivity index (χ3v) is 4.85. The Morgan fingerprint density at radius 2 is 1.90 bits per heavy atom. The van der Waals surface area contributed by atoms with E-state index in [1.165, 1.54) is 11.3 Å². The number of nitrogens with zero attached hydrogens (tertiary/aromatic N) is 1. The molecule has 1 heterocycles. The van der Waals surface area contributed by atoms with Crippen molar-refractivity contribution in [1.29, 1.82) is 0 Å². The number of aryl methyl sites for hydroxylation is 2. The highest BCUT2D eigenvalue weighted by atomic mass is 32.1. The van der Waals surface area contributed by atoms with Crippen LogP contribution < -0.4 is 10.6 Å². The summed E-state index contributed by atoms with van der Waals surface area (Å²) in [7, 11) is 0. The number of aromatic nitrogens is 1. The zero-order valence-electron chi connectivity index (χ0n) is 18.5. The van der Waals surface area contributed by atoms with E-state index in [1.807, 2.05) is 32.0 Å². The summed E-state index contributed by atoms with van der Waals surface area (Å²) in [5, 5.41) is 7.80. The molecule has 2 amide bonds. The Bertz CT molecular complexity index is 933. The van der Waals surface area contributed by atoms with E-state index in [1.54, 1.807) is 26.2 Å². The lowest BCUT2D eigenvalue weighted by Crippen LogP contribution is -2.33. The Labute approximate surface area is 186 Å². The number of hydrogen-bond acceptors (Lipinski definition) is 7. The lowest BCUT2D eigenvalue weighted by atomic mass is 10.1. The van der Waals surface area contributed by atoms with Gasteiger partial charge in [0.05, 0.1) is 18.5 Å². The molecule has 2 N–H and O–H groups in total. The first-order chi connectivity index (χ1) is 14.5. The van der Waals surface area contributed by atoms with Gasteiger partial charge in [0.2, 0.25) is 5.91 Å². The predicted molar refractivity (Wildman–Crippen MR) is 119 cm³/mol. The molecule has 0 saturated carbocycles. The number of carbonyl (C=O) groups is 3. The molecule has 0 spiro atoms. The normalized spacial score (nSPS) is 11.0. The van der Waals surface area contributed by atoms with Crippen LogP contribution in [0.5, 0.6) is 0 Å². The minimum Gasteiger partial charge on any atom is -0.459 e. The van der Waals surface area contributed by atoms with E-state index < -0.39 is 17.7 Å². The minimum absolute atomic E-state index is 0.0143. The van der Waals surface area contributed by atoms with E-state index in [0.29, 0.717) is 10.7 Å². The van der Waals surface area contributed by atoms with Gasteiger partial charge < -0.3 is 20.1 Å². The van der Waals surface area contributed by atoms with Crippen molar-refractivity contribution in [3.8, 4) is 0 Å². The molecule has 1 aromatic heterocycles. The van der Waals surface area contributed by atoms with Gasteiger partial charge in [-0.25, -0.2) is 9.78 Å². The molecule has 0 aliphatic carbocycles. The van der Waals surface area contributed by atoms with Gasteiger partial charge in [-0.15, -0.1) is 11.3 Å². The number of anilines is 1. The molecule has 0 atom stereocenters. The Kier molecular flexibility index (Phi) is 8.56. The second-order valence-corrected chi connectivity index (χ2v) is 9.06. The lowest BCUT2D eigenvalue weighted by Gasteiger charge is -2.19. The van der Waals surface area contributed by atoms with Crippen LogP contribution in [-0.2, 0) is 32.1 Å². The molecule has 0 aliphatic rings. The zero-order valence-corrected chi connectivity index (χ0v) is 19.4. The fraction of sp³-hybridized carbons (Fsp3) is 0.455. The van der Waals surface area contributed by atoms with Gasteiger partial charge in [0.15, 0.2) is 0 Å². The first kappa shape index (κ1) is 24.3. The Morgan fingerprint density at radius 3 is 2.61 bits per heavy atom. The molecular formula is C22H29N3O5S. The maximum absolute atomic E-state index is 12.3. The van der Waals surface area contributed by atoms with Crippen LogP contribution in [0, 0.1) is 13.8 Å². The van der Waals surface area contributed by atoms with Gasteiger partial charge in [-0.05, 0) is 51.8 Å². The van der Waals surface area contributed by atoms with Crippen LogP contribution in [-0.4, -0.2) is 35.1 Å². The monoisotopic (exact) mass is 447 g/mol. The highest BCUT2D eigenvalue weighted by Gasteiger charge is 2.16. The summed E-state index contributed by atoms with van der Waals surface area (Å²) >= 11 is 1.34. The number of amides is 2. The van der Waals surface area contributed by atoms with Gasteiger partial charge in [0, 0.05) is 17.6 Å². The van der Waals surface area contributed by atoms with Gasteiger partial charge >= 0.3 is 12.1 Å². The Hall–Kier alpha value is -2.94. The molecule has 2 rings (SSSR count). The summed E-state index contributed by atoms with van der Waals surface area (Å²) in [4.78, 5) is 40.0. The highest BCUT2D eigenvalue weighted by molar-refractivity contribution is 7.09. The molecule has 0 saturated heterocycles. The van der Waals surface area contributed by atoms with Crippen LogP contribution in [0.3, 0.4) is 0 Å². The number of thiazole rings is 1. The van der Waals surface area contributed by atoms with Crippen molar-refractivity contribution < 1.29 is 23.9 Å². The summed E-state index contributed by atoms with van der Waals surface area (Å²) in [6.45, 7) is 9.32. The highest BCUT2D eigenvalue weighted by Crippen LogP contribution is 2.18. The maximum atomic E-state index is 12.3. The largest absolute Gasteiger partial charge is 0.459 e. The predicted octanol–water partition coefficient (Wildman–Crippen LogP) is 3.90. The van der Waals surface area contributed by atoms with Gasteiger partial charge in [-0.2, -0.15) is 0 Å². The van der Waals surface area contributed by atoms with Crippen molar-refractivity contribution in [2.45, 2.75) is 59.7 Å². The molecule has 0 aliphatic heterocycles. The van der Waals surface area contributed by atoms with Gasteiger partial charge in [-0.1, -0.05) is 12.1 Å². The lowest BCUT2D eigenvalue weighted by molar-refractivity contribution is -0.144. The molecule has 0 bridgehead atoms. The van der Waals surface area contributed by atoms with Crippen LogP contribution in [0.2, 0.25) is 0 Å². The smallest absolute Gasteiger partial charge is 0.407 e. The van der Waals surface area contributed by atoms with Crippen molar-refractivity contribution in [2.24, 2.45) is 0 Å². The number of hydrogen-bond donors (Lipinski definition) is 2. The first-order valence-electron chi connectivity index (χ1n) is 9.94. The quantitative estimate of drug-likeness (QED) is 0.595. The number of esters is 1. The van der Waals surface area contributed by atoms with Crippen molar-refractivity contribution in [1.82, 2.24) is 10.3 Å². The van der Waals surface area contributed by atoms with E-state index in [9.17, 15) is 14.4 Å². The molecular weight excluding hydrogens is 418 g/mol. The number of benzene rings is 1. The number of rotatable bonds is 8. The molecule has 168 valence electrons. The van der Waals surface area contributed by atoms with Crippen LogP contribution in [0.25, 0.3) is 0 Å². The summed E-state index contributed by atoms with van der Waals surface area (Å²) in [6.07, 6.45) is -0.413. The van der Waals surface area contributed by atoms with Crippen LogP contribution >= 0.6 is 11.3 Å². The topological polar surface area (TPSA) is 107 Å². The second-order valence-electron chi connectivity index (χ2n) is 8.12. The number of ether oxygens (including phenoxy) is 2. The Balaban J connectivity index is 1.72. The third-order valence-electron chi connectivity index (χ3n) is 3.96. The molecule has 0 fully saturated rings. The number of alkyl carbamates (subject to hydrolysis) is 1. The first-order valence-corrected chi connectivity index (χ1v) is 10.8. The zero-order chi connectivity index (χ0) is 23.0. The molecule has 31 heavy (non-hydrogen) atoms. The van der Waals surface area contributed by atoms with E-state index in [0.717, 1.165) is 16.8 Å². The summed E-state index contributed by atoms with van der Waals surface area (Å²) < 4.78 is 10.3. The van der Waals surface area contributed by atoms with Crippen LogP contribution in [0.15, 0.2) is 23.6 Å². The fourth-order valence-corrected chi connectivity index (χ4v) is 3.28.